The highest BCUT2D eigenvalue weighted by Crippen LogP contribution is 2.61. The Kier molecular flexibility index (Phi) is 10.3. The van der Waals surface area contributed by atoms with Crippen LogP contribution in [-0.4, -0.2) is 85.8 Å². The van der Waals surface area contributed by atoms with Crippen LogP contribution >= 0.6 is 15.9 Å². The number of hydrogen-bond donors (Lipinski definition) is 1. The minimum Gasteiger partial charge on any atom is -0.394 e. The van der Waals surface area contributed by atoms with Crippen molar-refractivity contribution in [3.05, 3.63) is 97.1 Å². The monoisotopic (exact) mass is 677 g/mol. The SMILES string of the molecule is C=CCN(Cc1ccccc1)C(=O)C1N([C@@H](CO)CC(C)C)C(=O)[C@@H]2[C@@H](C(=O)N(CC=C)Cc3ccccc3)[C@@H]3OC12CC3Br. The van der Waals surface area contributed by atoms with Crippen molar-refractivity contribution >= 4 is 33.7 Å². The van der Waals surface area contributed by atoms with Crippen LogP contribution in [0.2, 0.25) is 0 Å². The second-order valence-electron chi connectivity index (χ2n) is 12.9. The number of benzene rings is 2. The van der Waals surface area contributed by atoms with Crippen LogP contribution in [0.25, 0.3) is 0 Å². The average molecular weight is 679 g/mol. The van der Waals surface area contributed by atoms with Gasteiger partial charge in [0.25, 0.3) is 0 Å². The highest BCUT2D eigenvalue weighted by atomic mass is 79.9. The fourth-order valence-corrected chi connectivity index (χ4v) is 8.55. The van der Waals surface area contributed by atoms with Crippen molar-refractivity contribution in [1.29, 1.82) is 0 Å². The van der Waals surface area contributed by atoms with Crippen LogP contribution in [0.1, 0.15) is 37.8 Å². The molecule has 0 saturated carbocycles. The molecule has 2 aromatic rings. The highest BCUT2D eigenvalue weighted by Gasteiger charge is 2.77. The van der Waals surface area contributed by atoms with E-state index in [2.05, 4.69) is 29.1 Å². The number of halogens is 1. The number of likely N-dealkylation sites (tertiary alicyclic amines) is 1. The zero-order valence-electron chi connectivity index (χ0n) is 26.1. The number of alkyl halides is 1. The van der Waals surface area contributed by atoms with Gasteiger partial charge in [0.05, 0.1) is 30.6 Å². The minimum atomic E-state index is -1.22. The van der Waals surface area contributed by atoms with E-state index in [0.29, 0.717) is 32.5 Å². The Morgan fingerprint density at radius 3 is 2.02 bits per heavy atom. The molecule has 3 amide bonds. The fourth-order valence-electron chi connectivity index (χ4n) is 7.61. The van der Waals surface area contributed by atoms with Gasteiger partial charge < -0.3 is 24.5 Å². The number of carbonyl (C=O) groups is 3. The Labute approximate surface area is 274 Å². The van der Waals surface area contributed by atoms with Crippen molar-refractivity contribution in [2.24, 2.45) is 17.8 Å². The smallest absolute Gasteiger partial charge is 0.249 e. The summed E-state index contributed by atoms with van der Waals surface area (Å²) in [7, 11) is 0. The van der Waals surface area contributed by atoms with Gasteiger partial charge in [0.2, 0.25) is 17.7 Å². The Balaban J connectivity index is 1.57. The minimum absolute atomic E-state index is 0.157. The Morgan fingerprint density at radius 2 is 1.53 bits per heavy atom. The molecule has 5 rings (SSSR count). The summed E-state index contributed by atoms with van der Waals surface area (Å²) in [6.45, 7) is 12.8. The van der Waals surface area contributed by atoms with Gasteiger partial charge in [-0.2, -0.15) is 0 Å². The van der Waals surface area contributed by atoms with Gasteiger partial charge in [-0.05, 0) is 29.9 Å². The second-order valence-corrected chi connectivity index (χ2v) is 14.0. The number of nitrogens with zero attached hydrogens (tertiary/aromatic N) is 3. The van der Waals surface area contributed by atoms with Gasteiger partial charge in [-0.1, -0.05) is 103 Å². The predicted octanol–water partition coefficient (Wildman–Crippen LogP) is 4.57. The van der Waals surface area contributed by atoms with E-state index in [1.54, 1.807) is 26.9 Å². The van der Waals surface area contributed by atoms with Crippen LogP contribution in [0.5, 0.6) is 0 Å². The molecule has 0 aliphatic carbocycles. The van der Waals surface area contributed by atoms with Crippen molar-refractivity contribution in [2.45, 2.75) is 68.4 Å². The second kappa shape index (κ2) is 14.0. The molecule has 0 aromatic heterocycles. The maximum atomic E-state index is 14.8. The lowest BCUT2D eigenvalue weighted by molar-refractivity contribution is -0.152. The molecular formula is C36H44BrN3O5. The van der Waals surface area contributed by atoms with Crippen LogP contribution in [0.3, 0.4) is 0 Å². The van der Waals surface area contributed by atoms with Crippen molar-refractivity contribution in [3.8, 4) is 0 Å². The first-order valence-corrected chi connectivity index (χ1v) is 16.7. The Hall–Kier alpha value is -3.27. The first-order valence-electron chi connectivity index (χ1n) is 15.8. The number of amides is 3. The molecule has 1 N–H and O–H groups in total. The van der Waals surface area contributed by atoms with Gasteiger partial charge >= 0.3 is 0 Å². The summed E-state index contributed by atoms with van der Waals surface area (Å²) >= 11 is 3.79. The fraction of sp³-hybridized carbons (Fsp3) is 0.472. The molecule has 3 heterocycles. The molecule has 3 aliphatic rings. The summed E-state index contributed by atoms with van der Waals surface area (Å²) in [4.78, 5) is 48.7. The van der Waals surface area contributed by atoms with Gasteiger partial charge in [0, 0.05) is 31.0 Å². The third-order valence-corrected chi connectivity index (χ3v) is 10.2. The van der Waals surface area contributed by atoms with Crippen LogP contribution in [0.4, 0.5) is 0 Å². The summed E-state index contributed by atoms with van der Waals surface area (Å²) in [6.07, 6.45) is 3.69. The first kappa shape index (κ1) is 33.1. The summed E-state index contributed by atoms with van der Waals surface area (Å²) in [5.41, 5.74) is 0.690. The van der Waals surface area contributed by atoms with E-state index in [9.17, 15) is 19.5 Å². The van der Waals surface area contributed by atoms with Gasteiger partial charge in [0.15, 0.2) is 0 Å². The lowest BCUT2D eigenvalue weighted by Crippen LogP contribution is -2.59. The van der Waals surface area contributed by atoms with Gasteiger partial charge in [-0.15, -0.1) is 13.2 Å². The summed E-state index contributed by atoms with van der Waals surface area (Å²) in [5, 5.41) is 10.6. The number of aliphatic hydroxyl groups excluding tert-OH is 1. The Bertz CT molecular complexity index is 1390. The number of carbonyl (C=O) groups excluding carboxylic acids is 3. The zero-order valence-corrected chi connectivity index (χ0v) is 27.7. The molecular weight excluding hydrogens is 634 g/mol. The maximum Gasteiger partial charge on any atom is 0.249 e. The van der Waals surface area contributed by atoms with Crippen LogP contribution < -0.4 is 0 Å². The molecule has 2 aromatic carbocycles. The molecule has 240 valence electrons. The van der Waals surface area contributed by atoms with E-state index < -0.39 is 35.6 Å². The van der Waals surface area contributed by atoms with E-state index in [1.165, 1.54) is 0 Å². The van der Waals surface area contributed by atoms with Crippen LogP contribution in [0, 0.1) is 17.8 Å². The van der Waals surface area contributed by atoms with E-state index >= 15 is 0 Å². The standard InChI is InChI=1S/C36H44BrN3O5/c1-5-17-38(21-25-13-9-7-10-14-25)33(42)29-30-34(43)40(27(23-41)19-24(3)4)32(36(30)20-28(37)31(29)45-36)35(44)39(18-6-2)22-26-15-11-8-12-16-26/h5-16,24,27-32,41H,1-2,17-23H2,3-4H3/t27-,28?,29-,30+,31-,32?,36?/m1/s1. The normalized spacial score (nSPS) is 27.4. The van der Waals surface area contributed by atoms with Crippen LogP contribution in [0.15, 0.2) is 86.0 Å². The van der Waals surface area contributed by atoms with Crippen molar-refractivity contribution < 1.29 is 24.2 Å². The van der Waals surface area contributed by atoms with Gasteiger partial charge in [-0.25, -0.2) is 0 Å². The van der Waals surface area contributed by atoms with E-state index in [4.69, 9.17) is 4.74 Å². The third-order valence-electron chi connectivity index (χ3n) is 9.35. The van der Waals surface area contributed by atoms with E-state index in [1.807, 2.05) is 74.5 Å². The molecule has 7 atom stereocenters. The van der Waals surface area contributed by atoms with Crippen LogP contribution in [-0.2, 0) is 32.2 Å². The molecule has 0 radical (unpaired) electrons. The first-order chi connectivity index (χ1) is 21.7. The quantitative estimate of drug-likeness (QED) is 0.234. The molecule has 9 heteroatoms. The van der Waals surface area contributed by atoms with Gasteiger partial charge in [0.1, 0.15) is 11.6 Å². The molecule has 2 bridgehead atoms. The lowest BCUT2D eigenvalue weighted by Gasteiger charge is -2.40. The van der Waals surface area contributed by atoms with Crippen molar-refractivity contribution in [1.82, 2.24) is 14.7 Å². The highest BCUT2D eigenvalue weighted by molar-refractivity contribution is 9.09. The lowest BCUT2D eigenvalue weighted by atomic mass is 9.70. The summed E-state index contributed by atoms with van der Waals surface area (Å²) in [5.74, 6) is -2.26. The summed E-state index contributed by atoms with van der Waals surface area (Å²) in [6, 6.07) is 17.8. The van der Waals surface area contributed by atoms with E-state index in [0.717, 1.165) is 11.1 Å². The van der Waals surface area contributed by atoms with Crippen molar-refractivity contribution in [3.63, 3.8) is 0 Å². The molecule has 8 nitrogen and oxygen atoms in total. The molecule has 3 unspecified atom stereocenters. The van der Waals surface area contributed by atoms with E-state index in [-0.39, 0.29) is 41.6 Å². The number of hydrogen-bond acceptors (Lipinski definition) is 5. The number of ether oxygens (including phenoxy) is 1. The molecule has 45 heavy (non-hydrogen) atoms. The number of aliphatic hydroxyl groups is 1. The number of fused-ring (bicyclic) bond motifs is 1. The van der Waals surface area contributed by atoms with Crippen molar-refractivity contribution in [2.75, 3.05) is 19.7 Å². The van der Waals surface area contributed by atoms with Gasteiger partial charge in [-0.3, -0.25) is 14.4 Å². The molecule has 3 aliphatic heterocycles. The molecule has 3 fully saturated rings. The molecule has 3 saturated heterocycles. The Morgan fingerprint density at radius 1 is 1.00 bits per heavy atom. The third kappa shape index (κ3) is 6.27. The maximum absolute atomic E-state index is 14.8. The molecule has 1 spiro atoms. The number of rotatable bonds is 14. The zero-order chi connectivity index (χ0) is 32.3. The topological polar surface area (TPSA) is 90.4 Å². The largest absolute Gasteiger partial charge is 0.394 e. The predicted molar refractivity (Wildman–Crippen MR) is 177 cm³/mol. The average Bonchev–Trinajstić information content (AvgIpc) is 3.63. The summed E-state index contributed by atoms with van der Waals surface area (Å²) < 4.78 is 6.78.